The van der Waals surface area contributed by atoms with Crippen LogP contribution in [0, 0.1) is 0 Å². The van der Waals surface area contributed by atoms with Gasteiger partial charge in [0.15, 0.2) is 0 Å². The molecular weight excluding hydrogens is 314 g/mol. The molecule has 2 unspecified atom stereocenters. The number of halogens is 1. The number of pyridine rings is 1. The molecule has 0 fully saturated rings. The summed E-state index contributed by atoms with van der Waals surface area (Å²) in [7, 11) is 3.14. The van der Waals surface area contributed by atoms with Crippen molar-refractivity contribution >= 4 is 11.6 Å². The molecule has 120 valence electrons. The van der Waals surface area contributed by atoms with Crippen LogP contribution in [-0.2, 0) is 0 Å². The van der Waals surface area contributed by atoms with Crippen LogP contribution in [0.25, 0.3) is 0 Å². The van der Waals surface area contributed by atoms with Gasteiger partial charge in [0.25, 0.3) is 0 Å². The average molecular weight is 332 g/mol. The van der Waals surface area contributed by atoms with Crippen LogP contribution in [0.5, 0.6) is 11.9 Å². The summed E-state index contributed by atoms with van der Waals surface area (Å²) >= 11 is 6.30. The Bertz CT molecular complexity index is 698. The summed E-state index contributed by atoms with van der Waals surface area (Å²) in [5, 5.41) is 0.530. The Morgan fingerprint density at radius 3 is 2.83 bits per heavy atom. The Kier molecular flexibility index (Phi) is 4.76. The maximum atomic E-state index is 6.30. The highest BCUT2D eigenvalue weighted by molar-refractivity contribution is 6.30. The molecule has 1 aliphatic rings. The molecule has 2 aromatic rings. The van der Waals surface area contributed by atoms with Gasteiger partial charge in [-0.2, -0.15) is 9.97 Å². The van der Waals surface area contributed by atoms with E-state index in [1.54, 1.807) is 20.4 Å². The molecule has 0 aromatic carbocycles. The lowest BCUT2D eigenvalue weighted by atomic mass is 9.78. The van der Waals surface area contributed by atoms with E-state index in [4.69, 9.17) is 21.1 Å². The Morgan fingerprint density at radius 1 is 1.22 bits per heavy atom. The topological polar surface area (TPSA) is 57.1 Å². The molecule has 2 aromatic heterocycles. The molecule has 0 amide bonds. The molecule has 0 saturated carbocycles. The Labute approximate surface area is 140 Å². The lowest BCUT2D eigenvalue weighted by Crippen LogP contribution is -2.15. The van der Waals surface area contributed by atoms with Crippen molar-refractivity contribution in [1.82, 2.24) is 15.0 Å². The Morgan fingerprint density at radius 2 is 2.09 bits per heavy atom. The molecule has 23 heavy (non-hydrogen) atoms. The first-order chi connectivity index (χ1) is 11.2. The van der Waals surface area contributed by atoms with Crippen LogP contribution < -0.4 is 9.47 Å². The summed E-state index contributed by atoms with van der Waals surface area (Å²) < 4.78 is 10.5. The van der Waals surface area contributed by atoms with Gasteiger partial charge in [-0.1, -0.05) is 29.8 Å². The molecule has 6 heteroatoms. The van der Waals surface area contributed by atoms with E-state index in [0.717, 1.165) is 24.1 Å². The highest BCUT2D eigenvalue weighted by Crippen LogP contribution is 2.42. The van der Waals surface area contributed by atoms with Crippen molar-refractivity contribution < 1.29 is 9.47 Å². The summed E-state index contributed by atoms with van der Waals surface area (Å²) in [6.07, 6.45) is 8.02. The fraction of sp³-hybridized carbons (Fsp3) is 0.353. The lowest BCUT2D eigenvalue weighted by Gasteiger charge is -2.28. The molecule has 0 bridgehead atoms. The maximum Gasteiger partial charge on any atom is 0.319 e. The first kappa shape index (κ1) is 15.7. The lowest BCUT2D eigenvalue weighted by molar-refractivity contribution is 0.346. The second-order valence-corrected chi connectivity index (χ2v) is 5.70. The van der Waals surface area contributed by atoms with E-state index < -0.39 is 0 Å². The third-order valence-corrected chi connectivity index (χ3v) is 4.36. The first-order valence-electron chi connectivity index (χ1n) is 7.47. The molecule has 0 radical (unpaired) electrons. The van der Waals surface area contributed by atoms with Crippen LogP contribution in [0.1, 0.15) is 35.9 Å². The van der Waals surface area contributed by atoms with Gasteiger partial charge in [-0.25, -0.2) is 4.98 Å². The standard InChI is InChI=1S/C17H18ClN3O2/c1-22-15-10-14(20-17(21-15)23-2)12-7-4-3-6-11(12)13-8-5-9-19-16(13)18/h3,5-6,8-12H,4,7H2,1-2H3. The third-order valence-electron chi connectivity index (χ3n) is 4.04. The van der Waals surface area contributed by atoms with E-state index in [0.29, 0.717) is 17.0 Å². The number of methoxy groups -OCH3 is 2. The predicted molar refractivity (Wildman–Crippen MR) is 88.2 cm³/mol. The van der Waals surface area contributed by atoms with Crippen LogP contribution in [-0.4, -0.2) is 29.2 Å². The van der Waals surface area contributed by atoms with Crippen molar-refractivity contribution in [3.63, 3.8) is 0 Å². The molecule has 5 nitrogen and oxygen atoms in total. The fourth-order valence-electron chi connectivity index (χ4n) is 2.94. The van der Waals surface area contributed by atoms with Gasteiger partial charge in [-0.3, -0.25) is 0 Å². The summed E-state index contributed by atoms with van der Waals surface area (Å²) in [4.78, 5) is 12.9. The number of allylic oxidation sites excluding steroid dienone is 2. The number of ether oxygens (including phenoxy) is 2. The minimum absolute atomic E-state index is 0.120. The quantitative estimate of drug-likeness (QED) is 0.630. The molecule has 0 aliphatic heterocycles. The van der Waals surface area contributed by atoms with Crippen LogP contribution in [0.3, 0.4) is 0 Å². The molecule has 0 saturated heterocycles. The van der Waals surface area contributed by atoms with Gasteiger partial charge >= 0.3 is 6.01 Å². The van der Waals surface area contributed by atoms with Crippen LogP contribution >= 0.6 is 11.6 Å². The van der Waals surface area contributed by atoms with Gasteiger partial charge in [0.1, 0.15) is 5.15 Å². The van der Waals surface area contributed by atoms with Crippen molar-refractivity contribution in [3.8, 4) is 11.9 Å². The van der Waals surface area contributed by atoms with Crippen molar-refractivity contribution in [2.24, 2.45) is 0 Å². The van der Waals surface area contributed by atoms with Crippen molar-refractivity contribution in [2.75, 3.05) is 14.2 Å². The zero-order valence-electron chi connectivity index (χ0n) is 13.1. The zero-order chi connectivity index (χ0) is 16.2. The molecule has 3 rings (SSSR count). The highest BCUT2D eigenvalue weighted by atomic mass is 35.5. The van der Waals surface area contributed by atoms with Gasteiger partial charge in [0, 0.05) is 24.1 Å². The minimum Gasteiger partial charge on any atom is -0.481 e. The van der Waals surface area contributed by atoms with E-state index in [1.165, 1.54) is 0 Å². The second kappa shape index (κ2) is 6.96. The molecular formula is C17H18ClN3O2. The van der Waals surface area contributed by atoms with Gasteiger partial charge in [0.2, 0.25) is 5.88 Å². The van der Waals surface area contributed by atoms with Gasteiger partial charge in [0.05, 0.1) is 19.9 Å². The largest absolute Gasteiger partial charge is 0.481 e. The number of hydrogen-bond acceptors (Lipinski definition) is 5. The zero-order valence-corrected chi connectivity index (χ0v) is 13.8. The van der Waals surface area contributed by atoms with Crippen LogP contribution in [0.4, 0.5) is 0 Å². The average Bonchev–Trinajstić information content (AvgIpc) is 2.61. The van der Waals surface area contributed by atoms with E-state index in [2.05, 4.69) is 27.1 Å². The number of aromatic nitrogens is 3. The van der Waals surface area contributed by atoms with Crippen molar-refractivity contribution in [2.45, 2.75) is 24.7 Å². The Balaban J connectivity index is 2.03. The summed E-state index contributed by atoms with van der Waals surface area (Å²) in [5.41, 5.74) is 1.90. The van der Waals surface area contributed by atoms with Crippen molar-refractivity contribution in [3.05, 3.63) is 53.0 Å². The third kappa shape index (κ3) is 3.29. The summed E-state index contributed by atoms with van der Waals surface area (Å²) in [6.45, 7) is 0. The molecule has 2 atom stereocenters. The second-order valence-electron chi connectivity index (χ2n) is 5.34. The van der Waals surface area contributed by atoms with E-state index in [1.807, 2.05) is 18.2 Å². The minimum atomic E-state index is 0.120. The van der Waals surface area contributed by atoms with E-state index in [-0.39, 0.29) is 11.8 Å². The molecule has 0 spiro atoms. The van der Waals surface area contributed by atoms with E-state index >= 15 is 0 Å². The SMILES string of the molecule is COc1cc(C2CCC=CC2c2cccnc2Cl)nc(OC)n1. The normalized spacial score (nSPS) is 20.3. The first-order valence-corrected chi connectivity index (χ1v) is 7.84. The monoisotopic (exact) mass is 331 g/mol. The molecule has 1 aliphatic carbocycles. The molecule has 0 N–H and O–H groups in total. The highest BCUT2D eigenvalue weighted by Gasteiger charge is 2.28. The predicted octanol–water partition coefficient (Wildman–Crippen LogP) is 3.76. The van der Waals surface area contributed by atoms with Crippen molar-refractivity contribution in [1.29, 1.82) is 0 Å². The smallest absolute Gasteiger partial charge is 0.319 e. The van der Waals surface area contributed by atoms with Crippen LogP contribution in [0.2, 0.25) is 5.15 Å². The van der Waals surface area contributed by atoms with Crippen LogP contribution in [0.15, 0.2) is 36.5 Å². The van der Waals surface area contributed by atoms with Gasteiger partial charge in [-0.05, 0) is 24.5 Å². The number of nitrogens with zero attached hydrogens (tertiary/aromatic N) is 3. The fourth-order valence-corrected chi connectivity index (χ4v) is 3.18. The number of rotatable bonds is 4. The van der Waals surface area contributed by atoms with E-state index in [9.17, 15) is 0 Å². The maximum absolute atomic E-state index is 6.30. The van der Waals surface area contributed by atoms with Gasteiger partial charge in [-0.15, -0.1) is 0 Å². The summed E-state index contributed by atoms with van der Waals surface area (Å²) in [6, 6.07) is 6.09. The Hall–Kier alpha value is -2.14. The molecule has 2 heterocycles. The summed E-state index contributed by atoms with van der Waals surface area (Å²) in [5.74, 6) is 0.791. The van der Waals surface area contributed by atoms with Gasteiger partial charge < -0.3 is 9.47 Å². The number of hydrogen-bond donors (Lipinski definition) is 0.